The SMILES string of the molecule is CCSCCC(C)n1c(CCCl)nc2cccc(C)c21. The first-order valence-electron chi connectivity index (χ1n) is 7.29. The van der Waals surface area contributed by atoms with Crippen molar-refractivity contribution in [2.45, 2.75) is 39.7 Å². The molecule has 0 fully saturated rings. The van der Waals surface area contributed by atoms with Gasteiger partial charge in [0.25, 0.3) is 0 Å². The lowest BCUT2D eigenvalue weighted by Gasteiger charge is -2.18. The van der Waals surface area contributed by atoms with Crippen molar-refractivity contribution in [3.8, 4) is 0 Å². The average molecular weight is 311 g/mol. The van der Waals surface area contributed by atoms with E-state index >= 15 is 0 Å². The van der Waals surface area contributed by atoms with Crippen LogP contribution in [0, 0.1) is 6.92 Å². The molecule has 0 bridgehead atoms. The lowest BCUT2D eigenvalue weighted by Crippen LogP contribution is -2.11. The first-order chi connectivity index (χ1) is 9.69. The number of halogens is 1. The monoisotopic (exact) mass is 310 g/mol. The predicted molar refractivity (Wildman–Crippen MR) is 91.2 cm³/mol. The number of hydrogen-bond acceptors (Lipinski definition) is 2. The van der Waals surface area contributed by atoms with Gasteiger partial charge in [0.05, 0.1) is 11.0 Å². The van der Waals surface area contributed by atoms with Crippen LogP contribution in [0.25, 0.3) is 11.0 Å². The first-order valence-corrected chi connectivity index (χ1v) is 8.98. The van der Waals surface area contributed by atoms with Gasteiger partial charge in [-0.2, -0.15) is 11.8 Å². The van der Waals surface area contributed by atoms with E-state index in [9.17, 15) is 0 Å². The van der Waals surface area contributed by atoms with E-state index in [1.807, 2.05) is 11.8 Å². The maximum absolute atomic E-state index is 5.95. The van der Waals surface area contributed by atoms with Gasteiger partial charge in [-0.3, -0.25) is 0 Å². The van der Waals surface area contributed by atoms with Crippen molar-refractivity contribution in [2.24, 2.45) is 0 Å². The molecule has 0 aliphatic heterocycles. The lowest BCUT2D eigenvalue weighted by molar-refractivity contribution is 0.528. The number of rotatable bonds is 7. The van der Waals surface area contributed by atoms with E-state index in [0.717, 1.165) is 17.8 Å². The fourth-order valence-corrected chi connectivity index (χ4v) is 3.60. The van der Waals surface area contributed by atoms with Crippen LogP contribution in [0.1, 0.15) is 37.7 Å². The molecule has 2 nitrogen and oxygen atoms in total. The molecule has 20 heavy (non-hydrogen) atoms. The van der Waals surface area contributed by atoms with E-state index in [1.54, 1.807) is 0 Å². The van der Waals surface area contributed by atoms with E-state index in [4.69, 9.17) is 16.6 Å². The number of alkyl halides is 1. The van der Waals surface area contributed by atoms with Crippen LogP contribution in [-0.4, -0.2) is 26.9 Å². The Bertz CT molecular complexity index is 565. The van der Waals surface area contributed by atoms with Gasteiger partial charge in [-0.25, -0.2) is 4.98 Å². The van der Waals surface area contributed by atoms with Gasteiger partial charge in [0.2, 0.25) is 0 Å². The lowest BCUT2D eigenvalue weighted by atomic mass is 10.1. The van der Waals surface area contributed by atoms with Gasteiger partial charge in [-0.15, -0.1) is 11.6 Å². The Hall–Kier alpha value is -0.670. The number of nitrogens with zero attached hydrogens (tertiary/aromatic N) is 2. The second kappa shape index (κ2) is 7.37. The van der Waals surface area contributed by atoms with Crippen LogP contribution in [0.5, 0.6) is 0 Å². The summed E-state index contributed by atoms with van der Waals surface area (Å²) < 4.78 is 2.41. The molecule has 0 spiro atoms. The summed E-state index contributed by atoms with van der Waals surface area (Å²) in [4.78, 5) is 4.78. The number of imidazole rings is 1. The number of hydrogen-bond donors (Lipinski definition) is 0. The van der Waals surface area contributed by atoms with Gasteiger partial charge in [0.15, 0.2) is 0 Å². The maximum Gasteiger partial charge on any atom is 0.111 e. The first kappa shape index (κ1) is 15.7. The minimum atomic E-state index is 0.471. The summed E-state index contributed by atoms with van der Waals surface area (Å²) in [5, 5.41) is 0. The van der Waals surface area contributed by atoms with Crippen molar-refractivity contribution >= 4 is 34.4 Å². The molecular weight excluding hydrogens is 288 g/mol. The van der Waals surface area contributed by atoms with Gasteiger partial charge >= 0.3 is 0 Å². The third-order valence-corrected chi connectivity index (χ3v) is 4.75. The molecule has 1 aromatic carbocycles. The molecule has 0 saturated heterocycles. The van der Waals surface area contributed by atoms with Crippen molar-refractivity contribution < 1.29 is 0 Å². The van der Waals surface area contributed by atoms with Crippen LogP contribution in [0.3, 0.4) is 0 Å². The molecule has 0 aliphatic rings. The van der Waals surface area contributed by atoms with Crippen molar-refractivity contribution in [1.82, 2.24) is 9.55 Å². The van der Waals surface area contributed by atoms with E-state index in [2.05, 4.69) is 43.5 Å². The second-order valence-corrected chi connectivity index (χ2v) is 6.89. The molecule has 1 atom stereocenters. The molecule has 1 unspecified atom stereocenters. The zero-order chi connectivity index (χ0) is 14.5. The number of aryl methyl sites for hydroxylation is 2. The largest absolute Gasteiger partial charge is 0.325 e. The Kier molecular flexibility index (Phi) is 5.79. The third-order valence-electron chi connectivity index (χ3n) is 3.63. The molecule has 0 amide bonds. The number of fused-ring (bicyclic) bond motifs is 1. The Morgan fingerprint density at radius 1 is 1.40 bits per heavy atom. The normalized spacial score (nSPS) is 13.0. The molecule has 1 heterocycles. The molecule has 2 aromatic rings. The topological polar surface area (TPSA) is 17.8 Å². The molecule has 4 heteroatoms. The zero-order valence-electron chi connectivity index (χ0n) is 12.5. The quantitative estimate of drug-likeness (QED) is 0.538. The molecule has 110 valence electrons. The fourth-order valence-electron chi connectivity index (χ4n) is 2.63. The van der Waals surface area contributed by atoms with Crippen LogP contribution in [0.15, 0.2) is 18.2 Å². The highest BCUT2D eigenvalue weighted by Crippen LogP contribution is 2.27. The molecule has 1 aromatic heterocycles. The minimum absolute atomic E-state index is 0.471. The summed E-state index contributed by atoms with van der Waals surface area (Å²) in [6, 6.07) is 6.82. The average Bonchev–Trinajstić information content (AvgIpc) is 2.79. The number of para-hydroxylation sites is 1. The smallest absolute Gasteiger partial charge is 0.111 e. The molecule has 0 saturated carbocycles. The van der Waals surface area contributed by atoms with Crippen LogP contribution < -0.4 is 0 Å². The number of benzene rings is 1. The van der Waals surface area contributed by atoms with Crippen molar-refractivity contribution in [1.29, 1.82) is 0 Å². The van der Waals surface area contributed by atoms with Crippen LogP contribution in [0.4, 0.5) is 0 Å². The Morgan fingerprint density at radius 2 is 2.20 bits per heavy atom. The van der Waals surface area contributed by atoms with Crippen LogP contribution in [0.2, 0.25) is 0 Å². The van der Waals surface area contributed by atoms with Crippen molar-refractivity contribution in [3.63, 3.8) is 0 Å². The van der Waals surface area contributed by atoms with Crippen molar-refractivity contribution in [2.75, 3.05) is 17.4 Å². The van der Waals surface area contributed by atoms with E-state index in [-0.39, 0.29) is 0 Å². The summed E-state index contributed by atoms with van der Waals surface area (Å²) >= 11 is 7.95. The summed E-state index contributed by atoms with van der Waals surface area (Å²) in [6.45, 7) is 6.67. The van der Waals surface area contributed by atoms with E-state index in [1.165, 1.54) is 29.0 Å². The standard InChI is InChI=1S/C16H23ClN2S/c1-4-20-11-9-13(3)19-15(8-10-17)18-14-7-5-6-12(2)16(14)19/h5-7,13H,4,8-11H2,1-3H3. The van der Waals surface area contributed by atoms with Gasteiger partial charge in [-0.1, -0.05) is 19.1 Å². The van der Waals surface area contributed by atoms with Crippen LogP contribution >= 0.6 is 23.4 Å². The Balaban J connectivity index is 2.39. The van der Waals surface area contributed by atoms with Gasteiger partial charge in [0.1, 0.15) is 5.82 Å². The highest BCUT2D eigenvalue weighted by atomic mass is 35.5. The van der Waals surface area contributed by atoms with Crippen LogP contribution in [-0.2, 0) is 6.42 Å². The molecule has 0 aliphatic carbocycles. The highest BCUT2D eigenvalue weighted by Gasteiger charge is 2.16. The maximum atomic E-state index is 5.95. The molecule has 0 N–H and O–H groups in total. The molecule has 2 rings (SSSR count). The number of thioether (sulfide) groups is 1. The highest BCUT2D eigenvalue weighted by molar-refractivity contribution is 7.99. The van der Waals surface area contributed by atoms with Crippen molar-refractivity contribution in [3.05, 3.63) is 29.6 Å². The summed E-state index contributed by atoms with van der Waals surface area (Å²) in [7, 11) is 0. The van der Waals surface area contributed by atoms with Gasteiger partial charge in [-0.05, 0) is 43.4 Å². The van der Waals surface area contributed by atoms with E-state index < -0.39 is 0 Å². The second-order valence-electron chi connectivity index (χ2n) is 5.11. The third kappa shape index (κ3) is 3.32. The summed E-state index contributed by atoms with van der Waals surface area (Å²) in [5.74, 6) is 4.13. The Labute approximate surface area is 130 Å². The number of aromatic nitrogens is 2. The van der Waals surface area contributed by atoms with Gasteiger partial charge in [0, 0.05) is 18.3 Å². The molecular formula is C16H23ClN2S. The Morgan fingerprint density at radius 3 is 2.90 bits per heavy atom. The molecule has 0 radical (unpaired) electrons. The van der Waals surface area contributed by atoms with Gasteiger partial charge < -0.3 is 4.57 Å². The summed E-state index contributed by atoms with van der Waals surface area (Å²) in [5.41, 5.74) is 3.67. The zero-order valence-corrected chi connectivity index (χ0v) is 14.1. The van der Waals surface area contributed by atoms with E-state index in [0.29, 0.717) is 11.9 Å². The predicted octanol–water partition coefficient (Wildman–Crippen LogP) is 4.83. The summed E-state index contributed by atoms with van der Waals surface area (Å²) in [6.07, 6.45) is 2.01. The fraction of sp³-hybridized carbons (Fsp3) is 0.562. The minimum Gasteiger partial charge on any atom is -0.325 e.